The van der Waals surface area contributed by atoms with E-state index in [2.05, 4.69) is 11.1 Å². The topological polar surface area (TPSA) is 145 Å². The molecule has 41 heavy (non-hydrogen) atoms. The van der Waals surface area contributed by atoms with Crippen molar-refractivity contribution in [3.05, 3.63) is 107 Å². The van der Waals surface area contributed by atoms with Crippen LogP contribution in [0.15, 0.2) is 106 Å². The van der Waals surface area contributed by atoms with E-state index in [1.165, 1.54) is 37.1 Å². The number of carbonyl (C=O) groups excluding carboxylic acids is 3. The molecule has 0 fully saturated rings. The SMILES string of the molecule is CCOC(=O)c1ccnc(Sc2cccc(N3C(N)=C(C#N)C(c4ccccc4)C(C(=O)OC)=C3C(=O)OC)c2)c1. The van der Waals surface area contributed by atoms with Crippen LogP contribution in [0.3, 0.4) is 0 Å². The Morgan fingerprint density at radius 1 is 1.00 bits per heavy atom. The number of hydrogen-bond acceptors (Lipinski definition) is 11. The summed E-state index contributed by atoms with van der Waals surface area (Å²) in [6.07, 6.45) is 1.51. The van der Waals surface area contributed by atoms with Gasteiger partial charge in [0.1, 0.15) is 16.5 Å². The van der Waals surface area contributed by atoms with Crippen molar-refractivity contribution < 1.29 is 28.6 Å². The van der Waals surface area contributed by atoms with Gasteiger partial charge in [0.25, 0.3) is 0 Å². The largest absolute Gasteiger partial charge is 0.466 e. The van der Waals surface area contributed by atoms with Crippen LogP contribution in [0.5, 0.6) is 0 Å². The van der Waals surface area contributed by atoms with E-state index in [9.17, 15) is 19.6 Å². The lowest BCUT2D eigenvalue weighted by molar-refractivity contribution is -0.139. The lowest BCUT2D eigenvalue weighted by Crippen LogP contribution is -2.40. The van der Waals surface area contributed by atoms with E-state index in [1.54, 1.807) is 73.7 Å². The van der Waals surface area contributed by atoms with Crippen LogP contribution in [-0.4, -0.2) is 43.7 Å². The van der Waals surface area contributed by atoms with Gasteiger partial charge in [-0.05, 0) is 42.8 Å². The maximum absolute atomic E-state index is 13.3. The summed E-state index contributed by atoms with van der Waals surface area (Å²) < 4.78 is 15.2. The van der Waals surface area contributed by atoms with Gasteiger partial charge >= 0.3 is 17.9 Å². The van der Waals surface area contributed by atoms with E-state index in [-0.39, 0.29) is 29.3 Å². The molecule has 0 aliphatic carbocycles. The Morgan fingerprint density at radius 2 is 1.73 bits per heavy atom. The van der Waals surface area contributed by atoms with Gasteiger partial charge in [-0.1, -0.05) is 48.2 Å². The van der Waals surface area contributed by atoms with E-state index in [1.807, 2.05) is 0 Å². The van der Waals surface area contributed by atoms with Crippen LogP contribution in [0.1, 0.15) is 28.8 Å². The summed E-state index contributed by atoms with van der Waals surface area (Å²) in [6, 6.07) is 21.0. The van der Waals surface area contributed by atoms with E-state index in [4.69, 9.17) is 19.9 Å². The first-order valence-corrected chi connectivity index (χ1v) is 13.2. The molecule has 0 amide bonds. The number of benzene rings is 2. The molecule has 2 aromatic carbocycles. The van der Waals surface area contributed by atoms with Crippen molar-refractivity contribution in [2.24, 2.45) is 5.73 Å². The fourth-order valence-corrected chi connectivity index (χ4v) is 5.26. The highest BCUT2D eigenvalue weighted by atomic mass is 32.2. The number of nitriles is 1. The maximum atomic E-state index is 13.3. The van der Waals surface area contributed by atoms with Crippen LogP contribution in [0, 0.1) is 11.3 Å². The zero-order valence-corrected chi connectivity index (χ0v) is 23.3. The Bertz CT molecular complexity index is 1600. The predicted molar refractivity (Wildman–Crippen MR) is 150 cm³/mol. The highest BCUT2D eigenvalue weighted by molar-refractivity contribution is 7.99. The highest BCUT2D eigenvalue weighted by Gasteiger charge is 2.43. The number of allylic oxidation sites excluding steroid dienone is 1. The van der Waals surface area contributed by atoms with E-state index < -0.39 is 23.8 Å². The normalized spacial score (nSPS) is 14.8. The average Bonchev–Trinajstić information content (AvgIpc) is 3.00. The molecule has 0 spiro atoms. The second-order valence-electron chi connectivity index (χ2n) is 8.54. The summed E-state index contributed by atoms with van der Waals surface area (Å²) in [4.78, 5) is 45.0. The standard InChI is InChI=1S/C30H26N4O6S/c1-4-40-28(35)19-13-14-33-23(15-19)41-21-12-8-11-20(16-21)34-26(30(37)39-3)25(29(36)38-2)24(22(17-31)27(34)32)18-9-6-5-7-10-18/h5-16,24H,4,32H2,1-3H3. The number of pyridine rings is 1. The quantitative estimate of drug-likeness (QED) is 0.305. The van der Waals surface area contributed by atoms with Crippen molar-refractivity contribution in [1.82, 2.24) is 4.98 Å². The molecule has 3 aromatic rings. The first kappa shape index (κ1) is 28.9. The van der Waals surface area contributed by atoms with Gasteiger partial charge in [-0.2, -0.15) is 5.26 Å². The molecular formula is C30H26N4O6S. The molecule has 0 saturated heterocycles. The zero-order valence-electron chi connectivity index (χ0n) is 22.5. The third kappa shape index (κ3) is 5.92. The lowest BCUT2D eigenvalue weighted by atomic mass is 9.81. The van der Waals surface area contributed by atoms with Crippen molar-refractivity contribution in [2.45, 2.75) is 22.8 Å². The van der Waals surface area contributed by atoms with Crippen LogP contribution in [0.4, 0.5) is 5.69 Å². The smallest absolute Gasteiger partial charge is 0.355 e. The summed E-state index contributed by atoms with van der Waals surface area (Å²) in [5.74, 6) is -3.12. The van der Waals surface area contributed by atoms with Crippen molar-refractivity contribution >= 4 is 35.4 Å². The van der Waals surface area contributed by atoms with Gasteiger partial charge in [0.05, 0.1) is 49.5 Å². The Kier molecular flexibility index (Phi) is 9.06. The first-order valence-electron chi connectivity index (χ1n) is 12.4. The molecule has 1 aliphatic heterocycles. The first-order chi connectivity index (χ1) is 19.8. The number of rotatable bonds is 8. The Hall–Kier alpha value is -5.08. The van der Waals surface area contributed by atoms with E-state index in [0.29, 0.717) is 26.7 Å². The lowest BCUT2D eigenvalue weighted by Gasteiger charge is -2.36. The molecule has 2 heterocycles. The average molecular weight is 571 g/mol. The zero-order chi connectivity index (χ0) is 29.5. The van der Waals surface area contributed by atoms with Crippen molar-refractivity contribution in [3.8, 4) is 6.07 Å². The maximum Gasteiger partial charge on any atom is 0.355 e. The van der Waals surface area contributed by atoms with Crippen LogP contribution in [0.25, 0.3) is 0 Å². The molecule has 4 rings (SSSR count). The summed E-state index contributed by atoms with van der Waals surface area (Å²) >= 11 is 1.26. The Morgan fingerprint density at radius 3 is 2.39 bits per heavy atom. The van der Waals surface area contributed by atoms with Crippen LogP contribution in [-0.2, 0) is 23.8 Å². The van der Waals surface area contributed by atoms with Crippen LogP contribution < -0.4 is 10.6 Å². The molecule has 1 atom stereocenters. The second-order valence-corrected chi connectivity index (χ2v) is 9.63. The molecular weight excluding hydrogens is 544 g/mol. The molecule has 1 aliphatic rings. The number of anilines is 1. The van der Waals surface area contributed by atoms with Crippen molar-refractivity contribution in [3.63, 3.8) is 0 Å². The molecule has 1 unspecified atom stereocenters. The number of hydrogen-bond donors (Lipinski definition) is 1. The van der Waals surface area contributed by atoms with E-state index >= 15 is 0 Å². The number of esters is 3. The van der Waals surface area contributed by atoms with Crippen molar-refractivity contribution in [2.75, 3.05) is 25.7 Å². The minimum absolute atomic E-state index is 0.0426. The van der Waals surface area contributed by atoms with Crippen LogP contribution >= 0.6 is 11.8 Å². The Labute approximate surface area is 241 Å². The van der Waals surface area contributed by atoms with Gasteiger partial charge in [0.2, 0.25) is 0 Å². The fourth-order valence-electron chi connectivity index (χ4n) is 4.40. The minimum Gasteiger partial charge on any atom is -0.466 e. The molecule has 0 radical (unpaired) electrons. The second kappa shape index (κ2) is 12.8. The molecule has 1 aromatic heterocycles. The number of methoxy groups -OCH3 is 2. The molecule has 11 heteroatoms. The van der Waals surface area contributed by atoms with Crippen molar-refractivity contribution in [1.29, 1.82) is 5.26 Å². The predicted octanol–water partition coefficient (Wildman–Crippen LogP) is 4.31. The van der Waals surface area contributed by atoms with Gasteiger partial charge in [-0.3, -0.25) is 4.90 Å². The Balaban J connectivity index is 1.86. The molecule has 0 bridgehead atoms. The minimum atomic E-state index is -0.966. The molecule has 10 nitrogen and oxygen atoms in total. The van der Waals surface area contributed by atoms with Gasteiger partial charge in [0.15, 0.2) is 0 Å². The third-order valence-electron chi connectivity index (χ3n) is 6.15. The number of nitrogens with zero attached hydrogens (tertiary/aromatic N) is 3. The monoisotopic (exact) mass is 570 g/mol. The summed E-state index contributed by atoms with van der Waals surface area (Å²) in [6.45, 7) is 1.97. The van der Waals surface area contributed by atoms with Gasteiger partial charge in [-0.15, -0.1) is 0 Å². The van der Waals surface area contributed by atoms with E-state index in [0.717, 1.165) is 0 Å². The molecule has 0 saturated carbocycles. The third-order valence-corrected chi connectivity index (χ3v) is 7.08. The summed E-state index contributed by atoms with van der Waals surface area (Å²) in [5, 5.41) is 10.7. The highest BCUT2D eigenvalue weighted by Crippen LogP contribution is 2.43. The number of ether oxygens (including phenoxy) is 3. The van der Waals surface area contributed by atoms with Gasteiger partial charge < -0.3 is 19.9 Å². The van der Waals surface area contributed by atoms with Gasteiger partial charge in [-0.25, -0.2) is 19.4 Å². The van der Waals surface area contributed by atoms with Gasteiger partial charge in [0, 0.05) is 16.8 Å². The summed E-state index contributed by atoms with van der Waals surface area (Å²) in [5.41, 5.74) is 7.70. The number of nitrogens with two attached hydrogens (primary N) is 1. The summed E-state index contributed by atoms with van der Waals surface area (Å²) in [7, 11) is 2.38. The molecule has 208 valence electrons. The van der Waals surface area contributed by atoms with Crippen LogP contribution in [0.2, 0.25) is 0 Å². The molecule has 2 N–H and O–H groups in total. The number of aromatic nitrogens is 1. The fraction of sp³-hybridized carbons (Fsp3) is 0.167. The number of carbonyl (C=O) groups is 3.